The van der Waals surface area contributed by atoms with Crippen molar-refractivity contribution in [1.82, 2.24) is 9.80 Å². The third-order valence-corrected chi connectivity index (χ3v) is 6.69. The molecule has 0 radical (unpaired) electrons. The second kappa shape index (κ2) is 18.5. The van der Waals surface area contributed by atoms with Crippen molar-refractivity contribution in [3.63, 3.8) is 0 Å². The van der Waals surface area contributed by atoms with Crippen LogP contribution in [0, 0.1) is 0 Å². The van der Waals surface area contributed by atoms with Crippen LogP contribution < -0.4 is 0 Å². The number of hydrogen-bond donors (Lipinski definition) is 0. The lowest BCUT2D eigenvalue weighted by molar-refractivity contribution is -0.146. The van der Waals surface area contributed by atoms with Crippen LogP contribution in [0.25, 0.3) is 11.1 Å². The molecule has 0 spiro atoms. The van der Waals surface area contributed by atoms with Crippen LogP contribution in [0.3, 0.4) is 0 Å². The van der Waals surface area contributed by atoms with Gasteiger partial charge in [0.25, 0.3) is 0 Å². The Kier molecular flexibility index (Phi) is 15.4. The van der Waals surface area contributed by atoms with Crippen molar-refractivity contribution >= 4 is 11.9 Å². The molecular formula is C32H48N2O4. The molecule has 0 aliphatic heterocycles. The highest BCUT2D eigenvalue weighted by Crippen LogP contribution is 2.28. The molecule has 0 unspecified atom stereocenters. The van der Waals surface area contributed by atoms with Gasteiger partial charge in [-0.15, -0.1) is 0 Å². The quantitative estimate of drug-likeness (QED) is 0.155. The zero-order valence-electron chi connectivity index (χ0n) is 24.0. The highest BCUT2D eigenvalue weighted by atomic mass is 16.5. The van der Waals surface area contributed by atoms with E-state index in [4.69, 9.17) is 9.47 Å². The third kappa shape index (κ3) is 12.2. The maximum atomic E-state index is 12.5. The summed E-state index contributed by atoms with van der Waals surface area (Å²) in [4.78, 5) is 29.0. The molecule has 0 N–H and O–H groups in total. The summed E-state index contributed by atoms with van der Waals surface area (Å²) in [5.74, 6) is -0.447. The number of unbranched alkanes of at least 4 members (excludes halogenated alkanes) is 6. The largest absolute Gasteiger partial charge is 0.460 e. The number of ether oxygens (including phenoxy) is 2. The first-order chi connectivity index (χ1) is 18.4. The van der Waals surface area contributed by atoms with E-state index in [1.807, 2.05) is 72.4 Å². The van der Waals surface area contributed by atoms with E-state index in [1.165, 1.54) is 38.5 Å². The van der Waals surface area contributed by atoms with E-state index in [9.17, 15) is 9.59 Å². The SMILES string of the molecule is CCCCCCN(C)CC(=O)OCc1ccccc1-c1ccccc1COC(=O)CN(C)CCCCCC. The summed E-state index contributed by atoms with van der Waals surface area (Å²) in [6.07, 6.45) is 9.42. The lowest BCUT2D eigenvalue weighted by atomic mass is 9.96. The Morgan fingerprint density at radius 3 is 1.39 bits per heavy atom. The summed E-state index contributed by atoms with van der Waals surface area (Å²) in [6, 6.07) is 15.8. The van der Waals surface area contributed by atoms with Crippen molar-refractivity contribution in [2.75, 3.05) is 40.3 Å². The predicted octanol–water partition coefficient (Wildman–Crippen LogP) is 6.46. The number of hydrogen-bond acceptors (Lipinski definition) is 6. The monoisotopic (exact) mass is 524 g/mol. The Morgan fingerprint density at radius 2 is 1.00 bits per heavy atom. The minimum Gasteiger partial charge on any atom is -0.460 e. The Morgan fingerprint density at radius 1 is 0.605 bits per heavy atom. The minimum atomic E-state index is -0.223. The summed E-state index contributed by atoms with van der Waals surface area (Å²) in [5.41, 5.74) is 3.81. The highest BCUT2D eigenvalue weighted by Gasteiger charge is 2.14. The van der Waals surface area contributed by atoms with Crippen molar-refractivity contribution in [1.29, 1.82) is 0 Å². The van der Waals surface area contributed by atoms with Gasteiger partial charge >= 0.3 is 11.9 Å². The summed E-state index contributed by atoms with van der Waals surface area (Å²) >= 11 is 0. The van der Waals surface area contributed by atoms with Crippen LogP contribution >= 0.6 is 0 Å². The maximum Gasteiger partial charge on any atom is 0.320 e. The van der Waals surface area contributed by atoms with Crippen molar-refractivity contribution in [2.45, 2.75) is 78.4 Å². The van der Waals surface area contributed by atoms with Crippen molar-refractivity contribution in [3.8, 4) is 11.1 Å². The lowest BCUT2D eigenvalue weighted by Gasteiger charge is -2.18. The molecule has 0 saturated heterocycles. The second-order valence-electron chi connectivity index (χ2n) is 10.2. The average Bonchev–Trinajstić information content (AvgIpc) is 2.91. The van der Waals surface area contributed by atoms with Crippen LogP contribution in [-0.2, 0) is 32.3 Å². The zero-order chi connectivity index (χ0) is 27.6. The number of carbonyl (C=O) groups is 2. The number of rotatable bonds is 19. The van der Waals surface area contributed by atoms with Gasteiger partial charge in [-0.3, -0.25) is 19.4 Å². The molecule has 0 saturated carbocycles. The maximum absolute atomic E-state index is 12.5. The standard InChI is InChI=1S/C32H48N2O4/c1-5-7-9-15-21-33(3)23-31(35)37-25-27-17-11-13-19-29(27)30-20-14-12-18-28(30)26-38-32(36)24-34(4)22-16-10-8-6-2/h11-14,17-20H,5-10,15-16,21-26H2,1-4H3. The first-order valence-corrected chi connectivity index (χ1v) is 14.3. The van der Waals surface area contributed by atoms with Gasteiger partial charge in [0.05, 0.1) is 13.1 Å². The fraction of sp³-hybridized carbons (Fsp3) is 0.562. The van der Waals surface area contributed by atoms with E-state index in [-0.39, 0.29) is 38.2 Å². The van der Waals surface area contributed by atoms with Crippen molar-refractivity contribution in [2.24, 2.45) is 0 Å². The molecule has 2 rings (SSSR count). The van der Waals surface area contributed by atoms with Gasteiger partial charge in [0.15, 0.2) is 0 Å². The Hall–Kier alpha value is -2.70. The molecule has 0 aromatic heterocycles. The molecule has 0 atom stereocenters. The van der Waals surface area contributed by atoms with E-state index in [0.717, 1.165) is 48.2 Å². The van der Waals surface area contributed by atoms with Crippen LogP contribution in [0.5, 0.6) is 0 Å². The lowest BCUT2D eigenvalue weighted by Crippen LogP contribution is -2.28. The second-order valence-corrected chi connectivity index (χ2v) is 10.2. The van der Waals surface area contributed by atoms with E-state index in [0.29, 0.717) is 0 Å². The average molecular weight is 525 g/mol. The van der Waals surface area contributed by atoms with Crippen LogP contribution in [-0.4, -0.2) is 62.0 Å². The molecule has 2 aromatic rings. The minimum absolute atomic E-state index is 0.204. The molecule has 0 amide bonds. The molecule has 6 heteroatoms. The van der Waals surface area contributed by atoms with Crippen molar-refractivity contribution in [3.05, 3.63) is 59.7 Å². The molecule has 0 aliphatic carbocycles. The van der Waals surface area contributed by atoms with E-state index in [1.54, 1.807) is 0 Å². The van der Waals surface area contributed by atoms with Crippen molar-refractivity contribution < 1.29 is 19.1 Å². The third-order valence-electron chi connectivity index (χ3n) is 6.69. The topological polar surface area (TPSA) is 59.1 Å². The number of esters is 2. The Labute approximate surface area is 230 Å². The van der Waals surface area contributed by atoms with Gasteiger partial charge in [-0.1, -0.05) is 101 Å². The van der Waals surface area contributed by atoms with Gasteiger partial charge in [0.2, 0.25) is 0 Å². The molecule has 6 nitrogen and oxygen atoms in total. The van der Waals surface area contributed by atoms with Crippen LogP contribution in [0.1, 0.15) is 76.3 Å². The van der Waals surface area contributed by atoms with E-state index >= 15 is 0 Å². The van der Waals surface area contributed by atoms with Gasteiger partial charge in [-0.25, -0.2) is 0 Å². The van der Waals surface area contributed by atoms with Gasteiger partial charge < -0.3 is 9.47 Å². The number of likely N-dealkylation sites (N-methyl/N-ethyl adjacent to an activating group) is 2. The summed E-state index contributed by atoms with van der Waals surface area (Å²) in [6.45, 7) is 7.16. The number of nitrogens with zero attached hydrogens (tertiary/aromatic N) is 2. The predicted molar refractivity (Wildman–Crippen MR) is 155 cm³/mol. The fourth-order valence-electron chi connectivity index (χ4n) is 4.44. The molecular weight excluding hydrogens is 476 g/mol. The molecule has 0 fully saturated rings. The van der Waals surface area contributed by atoms with Crippen LogP contribution in [0.4, 0.5) is 0 Å². The molecule has 0 heterocycles. The fourth-order valence-corrected chi connectivity index (χ4v) is 4.44. The molecule has 0 bridgehead atoms. The summed E-state index contributed by atoms with van der Waals surface area (Å²) < 4.78 is 11.3. The van der Waals surface area contributed by atoms with Crippen LogP contribution in [0.15, 0.2) is 48.5 Å². The Bertz CT molecular complexity index is 884. The summed E-state index contributed by atoms with van der Waals surface area (Å²) in [7, 11) is 3.92. The van der Waals surface area contributed by atoms with Crippen LogP contribution in [0.2, 0.25) is 0 Å². The van der Waals surface area contributed by atoms with Gasteiger partial charge in [-0.2, -0.15) is 0 Å². The first-order valence-electron chi connectivity index (χ1n) is 14.3. The highest BCUT2D eigenvalue weighted by molar-refractivity contribution is 5.74. The summed E-state index contributed by atoms with van der Waals surface area (Å²) in [5, 5.41) is 0. The first kappa shape index (κ1) is 31.5. The van der Waals surface area contributed by atoms with Gasteiger partial charge in [-0.05, 0) is 62.3 Å². The molecule has 0 aliphatic rings. The number of benzene rings is 2. The molecule has 2 aromatic carbocycles. The Balaban J connectivity index is 1.93. The van der Waals surface area contributed by atoms with E-state index < -0.39 is 0 Å². The smallest absolute Gasteiger partial charge is 0.320 e. The number of carbonyl (C=O) groups excluding carboxylic acids is 2. The molecule has 210 valence electrons. The van der Waals surface area contributed by atoms with Gasteiger partial charge in [0, 0.05) is 0 Å². The zero-order valence-corrected chi connectivity index (χ0v) is 24.0. The molecule has 38 heavy (non-hydrogen) atoms. The van der Waals surface area contributed by atoms with Gasteiger partial charge in [0.1, 0.15) is 13.2 Å². The van der Waals surface area contributed by atoms with E-state index in [2.05, 4.69) is 13.8 Å². The normalized spacial score (nSPS) is 11.2.